The summed E-state index contributed by atoms with van der Waals surface area (Å²) in [5, 5.41) is 0. The average Bonchev–Trinajstić information content (AvgIpc) is 2.23. The molecule has 0 saturated carbocycles. The van der Waals surface area contributed by atoms with Crippen LogP contribution in [0, 0.1) is 0 Å². The van der Waals surface area contributed by atoms with Gasteiger partial charge in [0.15, 0.2) is 0 Å². The summed E-state index contributed by atoms with van der Waals surface area (Å²) in [7, 11) is 0. The van der Waals surface area contributed by atoms with Crippen molar-refractivity contribution in [1.29, 1.82) is 0 Å². The van der Waals surface area contributed by atoms with E-state index in [0.717, 1.165) is 16.6 Å². The lowest BCUT2D eigenvalue weighted by Crippen LogP contribution is -1.91. The third-order valence-electron chi connectivity index (χ3n) is 1.94. The Morgan fingerprint density at radius 1 is 1.07 bits per heavy atom. The normalized spacial score (nSPS) is 10.1. The van der Waals surface area contributed by atoms with E-state index in [2.05, 4.69) is 38.0 Å². The minimum absolute atomic E-state index is 0.857. The summed E-state index contributed by atoms with van der Waals surface area (Å²) in [4.78, 5) is 8.06. The highest BCUT2D eigenvalue weighted by Crippen LogP contribution is 2.12. The van der Waals surface area contributed by atoms with Gasteiger partial charge in [0.2, 0.25) is 0 Å². The highest BCUT2D eigenvalue weighted by molar-refractivity contribution is 9.10. The largest absolute Gasteiger partial charge is 0.245 e. The van der Waals surface area contributed by atoms with Crippen LogP contribution < -0.4 is 0 Å². The molecule has 0 aliphatic rings. The third-order valence-corrected chi connectivity index (χ3v) is 2.47. The first-order chi connectivity index (χ1) is 6.84. The van der Waals surface area contributed by atoms with E-state index in [0.29, 0.717) is 0 Å². The van der Waals surface area contributed by atoms with Crippen molar-refractivity contribution in [2.45, 2.75) is 6.42 Å². The molecule has 2 rings (SSSR count). The molecule has 0 fully saturated rings. The van der Waals surface area contributed by atoms with Gasteiger partial charge in [0.25, 0.3) is 0 Å². The van der Waals surface area contributed by atoms with E-state index in [9.17, 15) is 0 Å². The van der Waals surface area contributed by atoms with Gasteiger partial charge in [0.1, 0.15) is 6.33 Å². The second-order valence-electron chi connectivity index (χ2n) is 3.00. The number of nitrogens with zero attached hydrogens (tertiary/aromatic N) is 2. The van der Waals surface area contributed by atoms with Crippen LogP contribution in [0.5, 0.6) is 0 Å². The molecule has 1 aromatic carbocycles. The Hall–Kier alpha value is -1.22. The Kier molecular flexibility index (Phi) is 2.89. The first-order valence-electron chi connectivity index (χ1n) is 4.34. The fraction of sp³-hybridized carbons (Fsp3) is 0.0909. The SMILES string of the molecule is Brc1ccc(Cc2ccncn2)cc1. The van der Waals surface area contributed by atoms with Crippen LogP contribution in [0.4, 0.5) is 0 Å². The minimum atomic E-state index is 0.857. The van der Waals surface area contributed by atoms with E-state index < -0.39 is 0 Å². The molecule has 0 aliphatic heterocycles. The van der Waals surface area contributed by atoms with Gasteiger partial charge in [0, 0.05) is 22.8 Å². The first kappa shape index (κ1) is 9.34. The van der Waals surface area contributed by atoms with E-state index >= 15 is 0 Å². The van der Waals surface area contributed by atoms with Gasteiger partial charge in [-0.05, 0) is 23.8 Å². The summed E-state index contributed by atoms with van der Waals surface area (Å²) in [6.45, 7) is 0. The monoisotopic (exact) mass is 248 g/mol. The number of rotatable bonds is 2. The van der Waals surface area contributed by atoms with Crippen molar-refractivity contribution >= 4 is 15.9 Å². The van der Waals surface area contributed by atoms with E-state index in [1.807, 2.05) is 18.2 Å². The highest BCUT2D eigenvalue weighted by Gasteiger charge is 1.96. The lowest BCUT2D eigenvalue weighted by Gasteiger charge is -2.00. The summed E-state index contributed by atoms with van der Waals surface area (Å²) >= 11 is 3.41. The lowest BCUT2D eigenvalue weighted by molar-refractivity contribution is 1.03. The van der Waals surface area contributed by atoms with Crippen LogP contribution in [0.25, 0.3) is 0 Å². The topological polar surface area (TPSA) is 25.8 Å². The molecule has 0 aliphatic carbocycles. The Balaban J connectivity index is 2.16. The molecule has 0 spiro atoms. The van der Waals surface area contributed by atoms with E-state index in [1.165, 1.54) is 5.56 Å². The number of hydrogen-bond donors (Lipinski definition) is 0. The van der Waals surface area contributed by atoms with Gasteiger partial charge in [-0.1, -0.05) is 28.1 Å². The minimum Gasteiger partial charge on any atom is -0.245 e. The summed E-state index contributed by atoms with van der Waals surface area (Å²) in [6, 6.07) is 10.2. The molecule has 2 nitrogen and oxygen atoms in total. The average molecular weight is 249 g/mol. The Morgan fingerprint density at radius 3 is 2.50 bits per heavy atom. The number of halogens is 1. The summed E-state index contributed by atoms with van der Waals surface area (Å²) < 4.78 is 1.10. The van der Waals surface area contributed by atoms with Crippen molar-refractivity contribution in [3.05, 3.63) is 58.6 Å². The van der Waals surface area contributed by atoms with Crippen LogP contribution in [0.3, 0.4) is 0 Å². The maximum atomic E-state index is 4.17. The number of hydrogen-bond acceptors (Lipinski definition) is 2. The molecule has 0 unspecified atom stereocenters. The Morgan fingerprint density at radius 2 is 1.86 bits per heavy atom. The van der Waals surface area contributed by atoms with Crippen molar-refractivity contribution in [3.63, 3.8) is 0 Å². The van der Waals surface area contributed by atoms with Crippen LogP contribution in [0.2, 0.25) is 0 Å². The maximum absolute atomic E-state index is 4.17. The van der Waals surface area contributed by atoms with Gasteiger partial charge >= 0.3 is 0 Å². The molecule has 1 aromatic heterocycles. The molecule has 0 atom stereocenters. The molecule has 3 heteroatoms. The van der Waals surface area contributed by atoms with E-state index in [1.54, 1.807) is 12.5 Å². The van der Waals surface area contributed by atoms with Crippen molar-refractivity contribution in [2.24, 2.45) is 0 Å². The molecular formula is C11H9BrN2. The van der Waals surface area contributed by atoms with Gasteiger partial charge in [-0.3, -0.25) is 0 Å². The molecule has 1 heterocycles. The molecule has 14 heavy (non-hydrogen) atoms. The highest BCUT2D eigenvalue weighted by atomic mass is 79.9. The zero-order valence-corrected chi connectivity index (χ0v) is 9.11. The van der Waals surface area contributed by atoms with Crippen molar-refractivity contribution < 1.29 is 0 Å². The zero-order chi connectivity index (χ0) is 9.80. The Bertz CT molecular complexity index is 397. The molecule has 0 saturated heterocycles. The second-order valence-corrected chi connectivity index (χ2v) is 3.92. The first-order valence-corrected chi connectivity index (χ1v) is 5.13. The van der Waals surface area contributed by atoms with Crippen LogP contribution in [-0.4, -0.2) is 9.97 Å². The van der Waals surface area contributed by atoms with Crippen molar-refractivity contribution in [3.8, 4) is 0 Å². The van der Waals surface area contributed by atoms with Gasteiger partial charge in [0.05, 0.1) is 0 Å². The van der Waals surface area contributed by atoms with Gasteiger partial charge in [-0.2, -0.15) is 0 Å². The molecule has 0 bridgehead atoms. The molecule has 70 valence electrons. The summed E-state index contributed by atoms with van der Waals surface area (Å²) in [6.07, 6.45) is 4.20. The van der Waals surface area contributed by atoms with Gasteiger partial charge in [-0.25, -0.2) is 9.97 Å². The predicted octanol–water partition coefficient (Wildman–Crippen LogP) is 2.83. The summed E-state index contributed by atoms with van der Waals surface area (Å²) in [5.74, 6) is 0. The molecule has 0 N–H and O–H groups in total. The second kappa shape index (κ2) is 4.33. The number of benzene rings is 1. The van der Waals surface area contributed by atoms with Crippen molar-refractivity contribution in [1.82, 2.24) is 9.97 Å². The lowest BCUT2D eigenvalue weighted by atomic mass is 10.1. The zero-order valence-electron chi connectivity index (χ0n) is 7.52. The predicted molar refractivity (Wildman–Crippen MR) is 59.0 cm³/mol. The van der Waals surface area contributed by atoms with Gasteiger partial charge in [-0.15, -0.1) is 0 Å². The molecule has 2 aromatic rings. The van der Waals surface area contributed by atoms with E-state index in [-0.39, 0.29) is 0 Å². The smallest absolute Gasteiger partial charge is 0.115 e. The van der Waals surface area contributed by atoms with Crippen LogP contribution >= 0.6 is 15.9 Å². The maximum Gasteiger partial charge on any atom is 0.115 e. The van der Waals surface area contributed by atoms with Crippen LogP contribution in [0.15, 0.2) is 47.3 Å². The standard InChI is InChI=1S/C11H9BrN2/c12-10-3-1-9(2-4-10)7-11-5-6-13-8-14-11/h1-6,8H,7H2. The molecular weight excluding hydrogens is 240 g/mol. The van der Waals surface area contributed by atoms with Gasteiger partial charge < -0.3 is 0 Å². The van der Waals surface area contributed by atoms with Crippen LogP contribution in [0.1, 0.15) is 11.3 Å². The van der Waals surface area contributed by atoms with E-state index in [4.69, 9.17) is 0 Å². The fourth-order valence-corrected chi connectivity index (χ4v) is 1.50. The van der Waals surface area contributed by atoms with Crippen LogP contribution in [-0.2, 0) is 6.42 Å². The fourth-order valence-electron chi connectivity index (χ4n) is 1.23. The molecule has 0 amide bonds. The quantitative estimate of drug-likeness (QED) is 0.817. The Labute approximate surface area is 91.2 Å². The third kappa shape index (κ3) is 2.39. The van der Waals surface area contributed by atoms with Crippen molar-refractivity contribution in [2.75, 3.05) is 0 Å². The number of aromatic nitrogens is 2. The summed E-state index contributed by atoms with van der Waals surface area (Å²) in [5.41, 5.74) is 2.30. The molecule has 0 radical (unpaired) electrons.